The lowest BCUT2D eigenvalue weighted by atomic mass is 10.2. The topological polar surface area (TPSA) is 127 Å². The van der Waals surface area contributed by atoms with Crippen LogP contribution in [0.25, 0.3) is 5.95 Å². The molecule has 3 rings (SSSR count). The van der Waals surface area contributed by atoms with Crippen LogP contribution in [-0.4, -0.2) is 48.4 Å². The molecule has 0 saturated heterocycles. The van der Waals surface area contributed by atoms with Crippen LogP contribution in [0.4, 0.5) is 13.2 Å². The van der Waals surface area contributed by atoms with Gasteiger partial charge in [0, 0.05) is 12.6 Å². The molecule has 2 heterocycles. The number of carbonyl (C=O) groups excluding carboxylic acids is 1. The van der Waals surface area contributed by atoms with E-state index in [2.05, 4.69) is 25.5 Å². The highest BCUT2D eigenvalue weighted by atomic mass is 35.5. The Hall–Kier alpha value is -2.21. The second kappa shape index (κ2) is 6.96. The van der Waals surface area contributed by atoms with Crippen LogP contribution in [0.2, 0.25) is 0 Å². The summed E-state index contributed by atoms with van der Waals surface area (Å²) in [7, 11) is 0. The molecule has 2 aromatic heterocycles. The van der Waals surface area contributed by atoms with E-state index in [1.807, 2.05) is 0 Å². The predicted molar refractivity (Wildman–Crippen MR) is 81.3 cm³/mol. The van der Waals surface area contributed by atoms with E-state index in [0.717, 1.165) is 17.5 Å². The molecule has 2 aromatic rings. The fourth-order valence-electron chi connectivity index (χ4n) is 2.13. The Morgan fingerprint density at radius 1 is 1.44 bits per heavy atom. The normalized spacial score (nSPS) is 15.6. The smallest absolute Gasteiger partial charge is 0.348 e. The molecule has 0 radical (unpaired) electrons. The second-order valence-corrected chi connectivity index (χ2v) is 5.59. The highest BCUT2D eigenvalue weighted by molar-refractivity contribution is 5.90. The lowest BCUT2D eigenvalue weighted by molar-refractivity contribution is -0.144. The minimum absolute atomic E-state index is 0. The quantitative estimate of drug-likeness (QED) is 0.697. The number of hydrogen-bond acceptors (Lipinski definition) is 6. The molecule has 0 aromatic carbocycles. The van der Waals surface area contributed by atoms with Crippen LogP contribution in [0.3, 0.4) is 0 Å². The second-order valence-electron chi connectivity index (χ2n) is 5.59. The highest BCUT2D eigenvalue weighted by Gasteiger charge is 2.36. The van der Waals surface area contributed by atoms with Crippen molar-refractivity contribution in [2.45, 2.75) is 32.0 Å². The maximum Gasteiger partial charge on any atom is 0.451 e. The Balaban J connectivity index is 0.00000225. The summed E-state index contributed by atoms with van der Waals surface area (Å²) in [5.74, 6) is -1.74. The van der Waals surface area contributed by atoms with Crippen molar-refractivity contribution in [3.8, 4) is 5.95 Å². The number of H-pyrrole nitrogens is 1. The van der Waals surface area contributed by atoms with Crippen LogP contribution < -0.4 is 11.1 Å². The first-order valence-electron chi connectivity index (χ1n) is 7.23. The van der Waals surface area contributed by atoms with E-state index in [-0.39, 0.29) is 42.6 Å². The van der Waals surface area contributed by atoms with Crippen molar-refractivity contribution in [1.82, 2.24) is 35.3 Å². The molecule has 25 heavy (non-hydrogen) atoms. The average molecular weight is 381 g/mol. The number of nitrogens with one attached hydrogen (secondary N) is 2. The number of halogens is 4. The minimum Gasteiger partial charge on any atom is -0.348 e. The molecule has 4 N–H and O–H groups in total. The fraction of sp³-hybridized carbons (Fsp3) is 0.583. The number of rotatable bonds is 5. The SMILES string of the molecule is Cc1nc(C(=O)NCC(N)C2CC2)nn1-c1n[nH]c(C(F)(F)F)n1.Cl. The van der Waals surface area contributed by atoms with Crippen molar-refractivity contribution < 1.29 is 18.0 Å². The number of alkyl halides is 3. The minimum atomic E-state index is -4.65. The van der Waals surface area contributed by atoms with Gasteiger partial charge in [0.05, 0.1) is 0 Å². The molecule has 1 amide bonds. The van der Waals surface area contributed by atoms with Crippen molar-refractivity contribution in [2.24, 2.45) is 11.7 Å². The van der Waals surface area contributed by atoms with E-state index < -0.39 is 17.9 Å². The molecule has 0 aliphatic heterocycles. The third kappa shape index (κ3) is 4.25. The number of hydrogen-bond donors (Lipinski definition) is 3. The Kier molecular flexibility index (Phi) is 5.32. The van der Waals surface area contributed by atoms with E-state index in [4.69, 9.17) is 5.73 Å². The van der Waals surface area contributed by atoms with E-state index in [0.29, 0.717) is 5.92 Å². The molecule has 1 atom stereocenters. The Bertz CT molecular complexity index is 754. The Labute approximate surface area is 146 Å². The van der Waals surface area contributed by atoms with Gasteiger partial charge in [0.1, 0.15) is 5.82 Å². The maximum atomic E-state index is 12.5. The molecule has 0 spiro atoms. The number of aryl methyl sites for hydroxylation is 1. The summed E-state index contributed by atoms with van der Waals surface area (Å²) in [5.41, 5.74) is 5.88. The molecule has 9 nitrogen and oxygen atoms in total. The third-order valence-electron chi connectivity index (χ3n) is 3.63. The van der Waals surface area contributed by atoms with Crippen molar-refractivity contribution in [1.29, 1.82) is 0 Å². The van der Waals surface area contributed by atoms with Gasteiger partial charge in [0.2, 0.25) is 11.6 Å². The summed E-state index contributed by atoms with van der Waals surface area (Å²) in [4.78, 5) is 19.2. The van der Waals surface area contributed by atoms with E-state index >= 15 is 0 Å². The van der Waals surface area contributed by atoms with Gasteiger partial charge in [-0.05, 0) is 25.7 Å². The van der Waals surface area contributed by atoms with Gasteiger partial charge in [-0.25, -0.2) is 4.98 Å². The summed E-state index contributed by atoms with van der Waals surface area (Å²) in [5, 5.41) is 11.7. The van der Waals surface area contributed by atoms with Gasteiger partial charge in [0.15, 0.2) is 0 Å². The molecular weight excluding hydrogens is 365 g/mol. The van der Waals surface area contributed by atoms with E-state index in [9.17, 15) is 18.0 Å². The first kappa shape index (κ1) is 19.1. The zero-order valence-corrected chi connectivity index (χ0v) is 13.9. The van der Waals surface area contributed by atoms with Crippen LogP contribution in [0.1, 0.15) is 35.1 Å². The Morgan fingerprint density at radius 3 is 2.68 bits per heavy atom. The molecule has 1 unspecified atom stereocenters. The fourth-order valence-corrected chi connectivity index (χ4v) is 2.13. The van der Waals surface area contributed by atoms with Crippen LogP contribution in [0, 0.1) is 12.8 Å². The summed E-state index contributed by atoms with van der Waals surface area (Å²) < 4.78 is 38.6. The predicted octanol–water partition coefficient (Wildman–Crippen LogP) is 0.602. The number of nitrogens with two attached hydrogens (primary N) is 1. The first-order chi connectivity index (χ1) is 11.3. The molecule has 0 bridgehead atoms. The van der Waals surface area contributed by atoms with Crippen LogP contribution in [0.15, 0.2) is 0 Å². The van der Waals surface area contributed by atoms with Crippen molar-refractivity contribution in [2.75, 3.05) is 6.54 Å². The number of carbonyl (C=O) groups is 1. The molecule has 1 aliphatic rings. The number of nitrogens with zero attached hydrogens (tertiary/aromatic N) is 5. The molecule has 1 saturated carbocycles. The van der Waals surface area contributed by atoms with Gasteiger partial charge in [-0.2, -0.15) is 22.8 Å². The van der Waals surface area contributed by atoms with Crippen LogP contribution in [0.5, 0.6) is 0 Å². The number of aromatic amines is 1. The molecule has 138 valence electrons. The largest absolute Gasteiger partial charge is 0.451 e. The van der Waals surface area contributed by atoms with Crippen molar-refractivity contribution in [3.63, 3.8) is 0 Å². The molecule has 1 aliphatic carbocycles. The lowest BCUT2D eigenvalue weighted by Crippen LogP contribution is -2.38. The zero-order chi connectivity index (χ0) is 17.5. The van der Waals surface area contributed by atoms with Crippen LogP contribution in [-0.2, 0) is 6.18 Å². The zero-order valence-electron chi connectivity index (χ0n) is 13.0. The summed E-state index contributed by atoms with van der Waals surface area (Å²) in [6.45, 7) is 1.76. The first-order valence-corrected chi connectivity index (χ1v) is 7.23. The van der Waals surface area contributed by atoms with Crippen molar-refractivity contribution >= 4 is 18.3 Å². The van der Waals surface area contributed by atoms with Gasteiger partial charge >= 0.3 is 6.18 Å². The van der Waals surface area contributed by atoms with Gasteiger partial charge in [0.25, 0.3) is 11.9 Å². The van der Waals surface area contributed by atoms with Crippen molar-refractivity contribution in [3.05, 3.63) is 17.5 Å². The molecule has 1 fully saturated rings. The van der Waals surface area contributed by atoms with Gasteiger partial charge in [-0.15, -0.1) is 22.6 Å². The van der Waals surface area contributed by atoms with E-state index in [1.54, 1.807) is 5.10 Å². The standard InChI is InChI=1S/C12H15F3N8O.ClH/c1-5-18-8(9(24)17-4-7(16)6-2-3-6)22-23(5)11-19-10(20-21-11)12(13,14)15;/h6-7H,2-4,16H2,1H3,(H,17,24)(H,19,20,21);1H. The van der Waals surface area contributed by atoms with Gasteiger partial charge in [-0.1, -0.05) is 0 Å². The Morgan fingerprint density at radius 2 is 2.12 bits per heavy atom. The summed E-state index contributed by atoms with van der Waals surface area (Å²) in [6, 6.07) is -0.125. The molecule has 13 heteroatoms. The van der Waals surface area contributed by atoms with Gasteiger partial charge < -0.3 is 11.1 Å². The molecular formula is C12H16ClF3N8O. The maximum absolute atomic E-state index is 12.5. The summed E-state index contributed by atoms with van der Waals surface area (Å²) >= 11 is 0. The summed E-state index contributed by atoms with van der Waals surface area (Å²) in [6.07, 6.45) is -2.55. The average Bonchev–Trinajstić information content (AvgIpc) is 3.10. The van der Waals surface area contributed by atoms with Crippen LogP contribution >= 0.6 is 12.4 Å². The third-order valence-corrected chi connectivity index (χ3v) is 3.63. The highest BCUT2D eigenvalue weighted by Crippen LogP contribution is 2.31. The lowest BCUT2D eigenvalue weighted by Gasteiger charge is -2.09. The monoisotopic (exact) mass is 380 g/mol. The number of amides is 1. The van der Waals surface area contributed by atoms with E-state index in [1.165, 1.54) is 6.92 Å². The van der Waals surface area contributed by atoms with Gasteiger partial charge in [-0.3, -0.25) is 9.89 Å². The number of aromatic nitrogens is 6.